The fourth-order valence-corrected chi connectivity index (χ4v) is 3.39. The lowest BCUT2D eigenvalue weighted by Gasteiger charge is -2.10. The van der Waals surface area contributed by atoms with Crippen LogP contribution >= 0.6 is 23.4 Å². The second-order valence-corrected chi connectivity index (χ2v) is 6.72. The van der Waals surface area contributed by atoms with Gasteiger partial charge in [-0.3, -0.25) is 0 Å². The fraction of sp³-hybridized carbons (Fsp3) is 0.176. The van der Waals surface area contributed by atoms with Gasteiger partial charge in [0.2, 0.25) is 5.89 Å². The first-order valence-corrected chi connectivity index (χ1v) is 8.21. The Hall–Kier alpha value is -1.78. The van der Waals surface area contributed by atoms with E-state index in [4.69, 9.17) is 16.0 Å². The quantitative estimate of drug-likeness (QED) is 0.588. The van der Waals surface area contributed by atoms with Crippen molar-refractivity contribution >= 4 is 23.4 Å². The summed E-state index contributed by atoms with van der Waals surface area (Å²) in [6.07, 6.45) is 0. The summed E-state index contributed by atoms with van der Waals surface area (Å²) >= 11 is 7.73. The molecule has 1 aromatic heterocycles. The smallest absolute Gasteiger partial charge is 0.277 e. The number of benzene rings is 2. The number of halogens is 1. The molecule has 0 N–H and O–H groups in total. The molecular formula is C17H15ClN2OS. The van der Waals surface area contributed by atoms with Crippen LogP contribution in [0.15, 0.2) is 58.2 Å². The van der Waals surface area contributed by atoms with Crippen molar-refractivity contribution in [3.05, 3.63) is 64.7 Å². The first-order chi connectivity index (χ1) is 10.6. The van der Waals surface area contributed by atoms with E-state index in [1.165, 1.54) is 11.8 Å². The van der Waals surface area contributed by atoms with Gasteiger partial charge in [-0.2, -0.15) is 0 Å². The monoisotopic (exact) mass is 330 g/mol. The van der Waals surface area contributed by atoms with Gasteiger partial charge in [0, 0.05) is 15.8 Å². The average Bonchev–Trinajstić information content (AvgIpc) is 2.96. The van der Waals surface area contributed by atoms with E-state index in [0.717, 1.165) is 21.7 Å². The summed E-state index contributed by atoms with van der Waals surface area (Å²) in [7, 11) is 0. The summed E-state index contributed by atoms with van der Waals surface area (Å²) in [6.45, 7) is 4.11. The van der Waals surface area contributed by atoms with Gasteiger partial charge in [0.25, 0.3) is 5.22 Å². The molecule has 0 aliphatic heterocycles. The molecular weight excluding hydrogens is 316 g/mol. The predicted molar refractivity (Wildman–Crippen MR) is 90.2 cm³/mol. The van der Waals surface area contributed by atoms with E-state index in [1.807, 2.05) is 55.5 Å². The molecule has 3 nitrogen and oxygen atoms in total. The Balaban J connectivity index is 1.79. The van der Waals surface area contributed by atoms with E-state index in [2.05, 4.69) is 17.1 Å². The van der Waals surface area contributed by atoms with E-state index in [9.17, 15) is 0 Å². The van der Waals surface area contributed by atoms with Crippen molar-refractivity contribution in [3.8, 4) is 11.5 Å². The van der Waals surface area contributed by atoms with Crippen LogP contribution < -0.4 is 0 Å². The summed E-state index contributed by atoms with van der Waals surface area (Å²) in [6, 6.07) is 15.8. The van der Waals surface area contributed by atoms with Crippen molar-refractivity contribution in [1.29, 1.82) is 0 Å². The lowest BCUT2D eigenvalue weighted by atomic mass is 10.1. The van der Waals surface area contributed by atoms with Crippen LogP contribution in [0.5, 0.6) is 0 Å². The Labute approximate surface area is 138 Å². The SMILES string of the molecule is Cc1cccc(-c2nnc(S[C@@H](C)c3ccccc3Cl)o2)c1. The largest absolute Gasteiger partial charge is 0.411 e. The standard InChI is InChI=1S/C17H15ClN2OS/c1-11-6-5-7-13(10-11)16-19-20-17(21-16)22-12(2)14-8-3-4-9-15(14)18/h3-10,12H,1-2H3/t12-/m0/s1. The maximum absolute atomic E-state index is 6.22. The molecule has 1 heterocycles. The van der Waals surface area contributed by atoms with Crippen molar-refractivity contribution in [2.75, 3.05) is 0 Å². The second-order valence-electron chi connectivity index (χ2n) is 5.02. The molecule has 0 amide bonds. The van der Waals surface area contributed by atoms with E-state index in [0.29, 0.717) is 11.1 Å². The van der Waals surface area contributed by atoms with Crippen LogP contribution in [0.4, 0.5) is 0 Å². The topological polar surface area (TPSA) is 38.9 Å². The van der Waals surface area contributed by atoms with Crippen molar-refractivity contribution < 1.29 is 4.42 Å². The lowest BCUT2D eigenvalue weighted by molar-refractivity contribution is 0.465. The highest BCUT2D eigenvalue weighted by atomic mass is 35.5. The minimum atomic E-state index is 0.138. The highest BCUT2D eigenvalue weighted by molar-refractivity contribution is 7.99. The van der Waals surface area contributed by atoms with E-state index >= 15 is 0 Å². The van der Waals surface area contributed by atoms with Crippen LogP contribution in [-0.2, 0) is 0 Å². The maximum atomic E-state index is 6.22. The average molecular weight is 331 g/mol. The van der Waals surface area contributed by atoms with Gasteiger partial charge in [0.1, 0.15) is 0 Å². The number of aryl methyl sites for hydroxylation is 1. The third-order valence-corrected chi connectivity index (χ3v) is 4.61. The normalized spacial score (nSPS) is 12.3. The minimum absolute atomic E-state index is 0.138. The van der Waals surface area contributed by atoms with Gasteiger partial charge < -0.3 is 4.42 Å². The number of nitrogens with zero attached hydrogens (tertiary/aromatic N) is 2. The molecule has 22 heavy (non-hydrogen) atoms. The Bertz CT molecular complexity index is 788. The van der Waals surface area contributed by atoms with Gasteiger partial charge in [0.05, 0.1) is 0 Å². The van der Waals surface area contributed by atoms with Gasteiger partial charge in [-0.1, -0.05) is 59.3 Å². The van der Waals surface area contributed by atoms with Crippen LogP contribution in [0, 0.1) is 6.92 Å². The first kappa shape index (κ1) is 15.1. The zero-order chi connectivity index (χ0) is 15.5. The molecule has 3 aromatic rings. The Morgan fingerprint density at radius 3 is 2.68 bits per heavy atom. The zero-order valence-corrected chi connectivity index (χ0v) is 13.9. The number of aromatic nitrogens is 2. The fourth-order valence-electron chi connectivity index (χ4n) is 2.17. The highest BCUT2D eigenvalue weighted by Crippen LogP contribution is 2.37. The number of thioether (sulfide) groups is 1. The summed E-state index contributed by atoms with van der Waals surface area (Å²) in [5, 5.41) is 9.68. The molecule has 5 heteroatoms. The van der Waals surface area contributed by atoms with Gasteiger partial charge in [-0.25, -0.2) is 0 Å². The highest BCUT2D eigenvalue weighted by Gasteiger charge is 2.16. The molecule has 3 rings (SSSR count). The third kappa shape index (κ3) is 3.34. The molecule has 0 aliphatic rings. The summed E-state index contributed by atoms with van der Waals surface area (Å²) < 4.78 is 5.75. The molecule has 2 aromatic carbocycles. The van der Waals surface area contributed by atoms with Crippen LogP contribution in [0.1, 0.15) is 23.3 Å². The van der Waals surface area contributed by atoms with E-state index in [1.54, 1.807) is 0 Å². The molecule has 0 saturated heterocycles. The molecule has 0 bridgehead atoms. The number of rotatable bonds is 4. The molecule has 1 atom stereocenters. The Morgan fingerprint density at radius 1 is 1.09 bits per heavy atom. The first-order valence-electron chi connectivity index (χ1n) is 6.95. The van der Waals surface area contributed by atoms with Gasteiger partial charge >= 0.3 is 0 Å². The summed E-state index contributed by atoms with van der Waals surface area (Å²) in [5.74, 6) is 0.539. The maximum Gasteiger partial charge on any atom is 0.277 e. The molecule has 0 fully saturated rings. The van der Waals surface area contributed by atoms with Crippen molar-refractivity contribution in [2.45, 2.75) is 24.3 Å². The van der Waals surface area contributed by atoms with Gasteiger partial charge in [-0.05, 0) is 37.6 Å². The van der Waals surface area contributed by atoms with Gasteiger partial charge in [-0.15, -0.1) is 10.2 Å². The van der Waals surface area contributed by atoms with Crippen molar-refractivity contribution in [3.63, 3.8) is 0 Å². The van der Waals surface area contributed by atoms with Crippen molar-refractivity contribution in [1.82, 2.24) is 10.2 Å². The van der Waals surface area contributed by atoms with Crippen LogP contribution in [0.3, 0.4) is 0 Å². The Kier molecular flexibility index (Phi) is 4.50. The molecule has 0 unspecified atom stereocenters. The van der Waals surface area contributed by atoms with E-state index in [-0.39, 0.29) is 5.25 Å². The summed E-state index contributed by atoms with van der Waals surface area (Å²) in [4.78, 5) is 0. The van der Waals surface area contributed by atoms with Crippen LogP contribution in [0.25, 0.3) is 11.5 Å². The minimum Gasteiger partial charge on any atom is -0.411 e. The second kappa shape index (κ2) is 6.55. The van der Waals surface area contributed by atoms with Gasteiger partial charge in [0.15, 0.2) is 0 Å². The number of hydrogen-bond acceptors (Lipinski definition) is 4. The van der Waals surface area contributed by atoms with Crippen LogP contribution in [-0.4, -0.2) is 10.2 Å². The number of hydrogen-bond donors (Lipinski definition) is 0. The summed E-state index contributed by atoms with van der Waals surface area (Å²) in [5.41, 5.74) is 3.16. The Morgan fingerprint density at radius 2 is 1.91 bits per heavy atom. The molecule has 0 aliphatic carbocycles. The molecule has 0 radical (unpaired) electrons. The molecule has 112 valence electrons. The van der Waals surface area contributed by atoms with Crippen molar-refractivity contribution in [2.24, 2.45) is 0 Å². The third-order valence-electron chi connectivity index (χ3n) is 3.29. The zero-order valence-electron chi connectivity index (χ0n) is 12.3. The molecule has 0 saturated carbocycles. The predicted octanol–water partition coefficient (Wildman–Crippen LogP) is 5.55. The molecule has 0 spiro atoms. The van der Waals surface area contributed by atoms with Crippen LogP contribution in [0.2, 0.25) is 5.02 Å². The van der Waals surface area contributed by atoms with E-state index < -0.39 is 0 Å². The lowest BCUT2D eigenvalue weighted by Crippen LogP contribution is -1.89.